The molecule has 0 aliphatic carbocycles. The Labute approximate surface area is 129 Å². The van der Waals surface area contributed by atoms with Gasteiger partial charge >= 0.3 is 0 Å². The molecule has 1 aliphatic rings. The Hall–Kier alpha value is -2.27. The van der Waals surface area contributed by atoms with Crippen molar-refractivity contribution in [3.8, 4) is 0 Å². The molecule has 4 rings (SSSR count). The van der Waals surface area contributed by atoms with E-state index < -0.39 is 0 Å². The predicted octanol–water partition coefficient (Wildman–Crippen LogP) is 2.42. The summed E-state index contributed by atoms with van der Waals surface area (Å²) in [6.45, 7) is 2.12. The zero-order valence-electron chi connectivity index (χ0n) is 12.4. The molecular formula is C17H19N5. The molecule has 0 bridgehead atoms. The summed E-state index contributed by atoms with van der Waals surface area (Å²) in [5.41, 5.74) is 1.28. The van der Waals surface area contributed by atoms with Gasteiger partial charge in [0.25, 0.3) is 0 Å². The van der Waals surface area contributed by atoms with E-state index in [0.717, 1.165) is 13.1 Å². The van der Waals surface area contributed by atoms with Crippen LogP contribution in [0.5, 0.6) is 0 Å². The quantitative estimate of drug-likeness (QED) is 0.806. The Balaban J connectivity index is 1.78. The van der Waals surface area contributed by atoms with E-state index in [4.69, 9.17) is 0 Å². The minimum atomic E-state index is 0.187. The number of hydrogen-bond donors (Lipinski definition) is 1. The summed E-state index contributed by atoms with van der Waals surface area (Å²) < 4.78 is 1.90. The molecule has 1 fully saturated rings. The predicted molar refractivity (Wildman–Crippen MR) is 85.5 cm³/mol. The first-order chi connectivity index (χ1) is 10.9. The molecule has 22 heavy (non-hydrogen) atoms. The van der Waals surface area contributed by atoms with Crippen LogP contribution in [0.25, 0.3) is 10.8 Å². The molecule has 1 saturated heterocycles. The number of nitrogens with one attached hydrogen (secondary N) is 1. The molecule has 112 valence electrons. The lowest BCUT2D eigenvalue weighted by Gasteiger charge is -2.30. The molecule has 1 aromatic heterocycles. The number of hydrogen-bond acceptors (Lipinski definition) is 4. The van der Waals surface area contributed by atoms with E-state index in [0.29, 0.717) is 5.92 Å². The summed E-state index contributed by atoms with van der Waals surface area (Å²) in [4.78, 5) is 0. The van der Waals surface area contributed by atoms with Crippen molar-refractivity contribution < 1.29 is 0 Å². The molecule has 2 aromatic carbocycles. The van der Waals surface area contributed by atoms with Crippen LogP contribution in [0.2, 0.25) is 0 Å². The molecule has 0 saturated carbocycles. The Kier molecular flexibility index (Phi) is 3.56. The monoisotopic (exact) mass is 293 g/mol. The van der Waals surface area contributed by atoms with Crippen molar-refractivity contribution in [2.75, 3.05) is 13.1 Å². The average Bonchev–Trinajstić information content (AvgIpc) is 3.10. The third-order valence-corrected chi connectivity index (χ3v) is 4.55. The smallest absolute Gasteiger partial charge is 0.138 e. The van der Waals surface area contributed by atoms with Crippen molar-refractivity contribution in [2.45, 2.75) is 18.9 Å². The van der Waals surface area contributed by atoms with Crippen LogP contribution in [0.3, 0.4) is 0 Å². The first-order valence-corrected chi connectivity index (χ1v) is 7.84. The normalized spacial score (nSPS) is 20.1. The molecule has 1 aliphatic heterocycles. The fourth-order valence-corrected chi connectivity index (χ4v) is 3.48. The number of fused-ring (bicyclic) bond motifs is 1. The summed E-state index contributed by atoms with van der Waals surface area (Å²) in [6, 6.07) is 15.3. The minimum Gasteiger partial charge on any atom is -0.316 e. The Morgan fingerprint density at radius 1 is 1.14 bits per heavy atom. The lowest BCUT2D eigenvalue weighted by molar-refractivity contribution is 0.279. The summed E-state index contributed by atoms with van der Waals surface area (Å²) in [6.07, 6.45) is 4.13. The summed E-state index contributed by atoms with van der Waals surface area (Å²) in [5.74, 6) is 0.512. The Morgan fingerprint density at radius 3 is 2.82 bits per heavy atom. The number of aromatic nitrogens is 4. The standard InChI is InChI=1S/C17H19N5/c1-2-5-14-10-15(8-7-13(14)4-1)17(22-12-19-20-21-22)16-6-3-9-18-11-16/h1-2,4-5,7-8,10,12,16-18H,3,6,9,11H2/t16-,17+/m0/s1. The highest BCUT2D eigenvalue weighted by atomic mass is 15.5. The van der Waals surface area contributed by atoms with Crippen LogP contribution in [-0.2, 0) is 0 Å². The highest BCUT2D eigenvalue weighted by Gasteiger charge is 2.27. The SMILES string of the molecule is c1ccc2cc([C@H]([C@H]3CCCNC3)n3cnnn3)ccc2c1. The fourth-order valence-electron chi connectivity index (χ4n) is 3.48. The third kappa shape index (κ3) is 2.48. The average molecular weight is 293 g/mol. The van der Waals surface area contributed by atoms with Crippen molar-refractivity contribution in [1.29, 1.82) is 0 Å². The number of nitrogens with zero attached hydrogens (tertiary/aromatic N) is 4. The van der Waals surface area contributed by atoms with Crippen molar-refractivity contribution in [1.82, 2.24) is 25.5 Å². The summed E-state index contributed by atoms with van der Waals surface area (Å²) in [7, 11) is 0. The zero-order valence-corrected chi connectivity index (χ0v) is 12.4. The first-order valence-electron chi connectivity index (χ1n) is 7.84. The topological polar surface area (TPSA) is 55.6 Å². The van der Waals surface area contributed by atoms with E-state index in [-0.39, 0.29) is 6.04 Å². The fraction of sp³-hybridized carbons (Fsp3) is 0.353. The van der Waals surface area contributed by atoms with Gasteiger partial charge in [-0.1, -0.05) is 36.4 Å². The maximum absolute atomic E-state index is 4.18. The number of rotatable bonds is 3. The zero-order chi connectivity index (χ0) is 14.8. The Bertz CT molecular complexity index is 747. The molecule has 5 heteroatoms. The van der Waals surface area contributed by atoms with Gasteiger partial charge in [-0.25, -0.2) is 4.68 Å². The van der Waals surface area contributed by atoms with Crippen molar-refractivity contribution in [3.05, 3.63) is 54.4 Å². The Morgan fingerprint density at radius 2 is 2.05 bits per heavy atom. The maximum Gasteiger partial charge on any atom is 0.138 e. The second kappa shape index (κ2) is 5.85. The molecule has 2 heterocycles. The lowest BCUT2D eigenvalue weighted by Crippen LogP contribution is -2.36. The van der Waals surface area contributed by atoms with E-state index in [1.54, 1.807) is 6.33 Å². The van der Waals surface area contributed by atoms with Gasteiger partial charge in [0, 0.05) is 6.54 Å². The number of benzene rings is 2. The van der Waals surface area contributed by atoms with Crippen LogP contribution < -0.4 is 5.32 Å². The molecule has 0 radical (unpaired) electrons. The molecular weight excluding hydrogens is 274 g/mol. The van der Waals surface area contributed by atoms with Crippen LogP contribution in [0, 0.1) is 5.92 Å². The van der Waals surface area contributed by atoms with Crippen molar-refractivity contribution >= 4 is 10.8 Å². The number of piperidine rings is 1. The van der Waals surface area contributed by atoms with Gasteiger partial charge in [-0.05, 0) is 58.1 Å². The molecule has 1 N–H and O–H groups in total. The molecule has 2 atom stereocenters. The van der Waals surface area contributed by atoms with Gasteiger partial charge in [-0.3, -0.25) is 0 Å². The third-order valence-electron chi connectivity index (χ3n) is 4.55. The van der Waals surface area contributed by atoms with E-state index in [1.165, 1.54) is 29.2 Å². The van der Waals surface area contributed by atoms with Crippen LogP contribution in [0.4, 0.5) is 0 Å². The van der Waals surface area contributed by atoms with Crippen LogP contribution in [0.15, 0.2) is 48.8 Å². The van der Waals surface area contributed by atoms with Gasteiger partial charge in [0.1, 0.15) is 6.33 Å². The highest BCUT2D eigenvalue weighted by Crippen LogP contribution is 2.32. The lowest BCUT2D eigenvalue weighted by atomic mass is 9.86. The van der Waals surface area contributed by atoms with Crippen molar-refractivity contribution in [3.63, 3.8) is 0 Å². The highest BCUT2D eigenvalue weighted by molar-refractivity contribution is 5.83. The molecule has 5 nitrogen and oxygen atoms in total. The van der Waals surface area contributed by atoms with Gasteiger partial charge in [-0.15, -0.1) is 5.10 Å². The van der Waals surface area contributed by atoms with E-state index in [1.807, 2.05) is 4.68 Å². The minimum absolute atomic E-state index is 0.187. The van der Waals surface area contributed by atoms with E-state index >= 15 is 0 Å². The van der Waals surface area contributed by atoms with Gasteiger partial charge < -0.3 is 5.32 Å². The van der Waals surface area contributed by atoms with E-state index in [9.17, 15) is 0 Å². The molecule has 0 unspecified atom stereocenters. The number of tetrazole rings is 1. The molecule has 0 amide bonds. The van der Waals surface area contributed by atoms with Gasteiger partial charge in [0.15, 0.2) is 0 Å². The first kappa shape index (κ1) is 13.4. The van der Waals surface area contributed by atoms with Gasteiger partial charge in [0.2, 0.25) is 0 Å². The van der Waals surface area contributed by atoms with Gasteiger partial charge in [0.05, 0.1) is 6.04 Å². The van der Waals surface area contributed by atoms with E-state index in [2.05, 4.69) is 63.3 Å². The van der Waals surface area contributed by atoms with Crippen LogP contribution >= 0.6 is 0 Å². The second-order valence-electron chi connectivity index (χ2n) is 5.95. The largest absolute Gasteiger partial charge is 0.316 e. The summed E-state index contributed by atoms with van der Waals surface area (Å²) in [5, 5.41) is 17.9. The summed E-state index contributed by atoms with van der Waals surface area (Å²) >= 11 is 0. The second-order valence-corrected chi connectivity index (χ2v) is 5.95. The maximum atomic E-state index is 4.18. The van der Waals surface area contributed by atoms with Gasteiger partial charge in [-0.2, -0.15) is 0 Å². The molecule has 3 aromatic rings. The van der Waals surface area contributed by atoms with Crippen LogP contribution in [0.1, 0.15) is 24.4 Å². The van der Waals surface area contributed by atoms with Crippen LogP contribution in [-0.4, -0.2) is 33.3 Å². The molecule has 0 spiro atoms. The van der Waals surface area contributed by atoms with Crippen molar-refractivity contribution in [2.24, 2.45) is 5.92 Å².